The van der Waals surface area contributed by atoms with Gasteiger partial charge >= 0.3 is 0 Å². The van der Waals surface area contributed by atoms with E-state index in [1.54, 1.807) is 18.7 Å². The van der Waals surface area contributed by atoms with E-state index in [-0.39, 0.29) is 45.6 Å². The number of thioether (sulfide) groups is 1. The molecule has 0 saturated heterocycles. The summed E-state index contributed by atoms with van der Waals surface area (Å²) in [6.07, 6.45) is 5.86. The van der Waals surface area contributed by atoms with Crippen LogP contribution in [0.3, 0.4) is 0 Å². The Hall–Kier alpha value is -3.05. The van der Waals surface area contributed by atoms with Gasteiger partial charge in [-0.25, -0.2) is 0 Å². The summed E-state index contributed by atoms with van der Waals surface area (Å²) in [6.45, 7) is 1.67. The van der Waals surface area contributed by atoms with Gasteiger partial charge < -0.3 is 23.8 Å². The molecule has 0 bridgehead atoms. The Morgan fingerprint density at radius 2 is 2.05 bits per heavy atom. The third kappa shape index (κ3) is 4.25. The average Bonchev–Trinajstić information content (AvgIpc) is 3.55. The normalized spacial score (nSPS) is 23.8. The number of benzene rings is 1. The number of rotatable bonds is 9. The molecular formula is C26H28ClN3O7S. The van der Waals surface area contributed by atoms with E-state index in [4.69, 9.17) is 30.3 Å². The van der Waals surface area contributed by atoms with Crippen molar-refractivity contribution < 1.29 is 33.4 Å². The summed E-state index contributed by atoms with van der Waals surface area (Å²) in [5.41, 5.74) is -1.89. The number of carbonyl (C=O) groups excluding carboxylic acids is 2. The van der Waals surface area contributed by atoms with Crippen LogP contribution in [0.2, 0.25) is 5.02 Å². The van der Waals surface area contributed by atoms with Crippen LogP contribution < -0.4 is 14.2 Å². The Morgan fingerprint density at radius 1 is 1.32 bits per heavy atom. The second kappa shape index (κ2) is 10.3. The highest BCUT2D eigenvalue weighted by Gasteiger charge is 2.60. The van der Waals surface area contributed by atoms with Crippen molar-refractivity contribution in [2.75, 3.05) is 26.2 Å². The first-order chi connectivity index (χ1) is 18.3. The number of aromatic nitrogens is 2. The molecule has 2 aromatic rings. The molecule has 12 heteroatoms. The van der Waals surface area contributed by atoms with Gasteiger partial charge in [-0.3, -0.25) is 14.6 Å². The van der Waals surface area contributed by atoms with Crippen molar-refractivity contribution in [3.63, 3.8) is 0 Å². The Bertz CT molecular complexity index is 1350. The van der Waals surface area contributed by atoms with Crippen molar-refractivity contribution in [2.24, 2.45) is 10.9 Å². The Balaban J connectivity index is 1.55. The highest BCUT2D eigenvalue weighted by atomic mass is 35.5. The predicted octanol–water partition coefficient (Wildman–Crippen LogP) is 4.92. The minimum Gasteiger partial charge on any atom is -0.507 e. The fraction of sp³-hybridized carbons (Fsp3) is 0.500. The molecule has 1 N–H and O–H groups in total. The topological polar surface area (TPSA) is 133 Å². The average molecular weight is 562 g/mol. The van der Waals surface area contributed by atoms with Gasteiger partial charge in [-0.05, 0) is 31.3 Å². The van der Waals surface area contributed by atoms with E-state index in [1.165, 1.54) is 26.5 Å². The van der Waals surface area contributed by atoms with Gasteiger partial charge in [-0.1, -0.05) is 23.7 Å². The third-order valence-corrected chi connectivity index (χ3v) is 8.18. The number of aliphatic hydroxyl groups excluding tert-OH is 1. The van der Waals surface area contributed by atoms with Gasteiger partial charge in [0.1, 0.15) is 28.1 Å². The fourth-order valence-corrected chi connectivity index (χ4v) is 5.58. The largest absolute Gasteiger partial charge is 0.507 e. The minimum absolute atomic E-state index is 0.0354. The van der Waals surface area contributed by atoms with E-state index in [0.29, 0.717) is 24.1 Å². The molecule has 1 saturated carbocycles. The van der Waals surface area contributed by atoms with Crippen LogP contribution in [0.1, 0.15) is 66.6 Å². The van der Waals surface area contributed by atoms with Gasteiger partial charge in [0.15, 0.2) is 23.1 Å². The zero-order valence-corrected chi connectivity index (χ0v) is 23.0. The lowest BCUT2D eigenvalue weighted by Crippen LogP contribution is -2.52. The van der Waals surface area contributed by atoms with E-state index < -0.39 is 29.1 Å². The first kappa shape index (κ1) is 26.6. The van der Waals surface area contributed by atoms with E-state index in [1.807, 2.05) is 6.26 Å². The molecule has 3 unspecified atom stereocenters. The number of nitrogens with zero attached hydrogens (tertiary/aromatic N) is 3. The fourth-order valence-electron chi connectivity index (χ4n) is 4.86. The highest BCUT2D eigenvalue weighted by Crippen LogP contribution is 2.54. The Labute approximate surface area is 228 Å². The predicted molar refractivity (Wildman–Crippen MR) is 141 cm³/mol. The standard InChI is InChI=1S/C26H28ClN3O7S/c1-12-9-16(31)14(11-28-15(7-8-38-4)25-29-24(30-37-25)13-5-6-13)22(32)26(12)23(33)19-17(34-2)10-18(35-3)20(27)21(19)36-26/h10-13,15,32H,5-9H2,1-4H3. The number of hydrogen-bond acceptors (Lipinski definition) is 11. The van der Waals surface area contributed by atoms with Crippen LogP contribution in [0.15, 0.2) is 26.9 Å². The number of aliphatic hydroxyl groups is 1. The summed E-state index contributed by atoms with van der Waals surface area (Å²) in [7, 11) is 2.83. The molecule has 3 atom stereocenters. The number of ketones is 2. The van der Waals surface area contributed by atoms with Crippen molar-refractivity contribution >= 4 is 41.1 Å². The number of carbonyl (C=O) groups is 2. The maximum atomic E-state index is 13.9. The van der Waals surface area contributed by atoms with Crippen molar-refractivity contribution in [2.45, 2.75) is 50.2 Å². The van der Waals surface area contributed by atoms with Gasteiger partial charge in [0, 0.05) is 30.5 Å². The van der Waals surface area contributed by atoms with Crippen LogP contribution in [0.25, 0.3) is 0 Å². The lowest BCUT2D eigenvalue weighted by atomic mass is 9.73. The molecule has 0 radical (unpaired) electrons. The molecule has 2 aliphatic carbocycles. The van der Waals surface area contributed by atoms with Crippen LogP contribution in [-0.2, 0) is 4.79 Å². The maximum Gasteiger partial charge on any atom is 0.251 e. The van der Waals surface area contributed by atoms with Crippen LogP contribution in [0, 0.1) is 5.92 Å². The quantitative estimate of drug-likeness (QED) is 0.420. The minimum atomic E-state index is -1.86. The van der Waals surface area contributed by atoms with Crippen molar-refractivity contribution in [1.29, 1.82) is 0 Å². The lowest BCUT2D eigenvalue weighted by Gasteiger charge is -2.36. The molecule has 2 heterocycles. The van der Waals surface area contributed by atoms with Gasteiger partial charge in [-0.2, -0.15) is 16.7 Å². The molecule has 1 aromatic carbocycles. The number of allylic oxidation sites excluding steroid dienone is 1. The van der Waals surface area contributed by atoms with E-state index in [0.717, 1.165) is 18.6 Å². The van der Waals surface area contributed by atoms with E-state index >= 15 is 0 Å². The molecule has 1 fully saturated rings. The molecule has 1 spiro atoms. The Morgan fingerprint density at radius 3 is 2.71 bits per heavy atom. The second-order valence-electron chi connectivity index (χ2n) is 9.60. The van der Waals surface area contributed by atoms with Crippen LogP contribution in [0.4, 0.5) is 0 Å². The van der Waals surface area contributed by atoms with Gasteiger partial charge in [0.25, 0.3) is 5.89 Å². The van der Waals surface area contributed by atoms with E-state index in [2.05, 4.69) is 15.1 Å². The number of fused-ring (bicyclic) bond motifs is 1. The molecule has 38 heavy (non-hydrogen) atoms. The molecule has 3 aliphatic rings. The summed E-state index contributed by atoms with van der Waals surface area (Å²) in [5, 5.41) is 15.6. The molecule has 202 valence electrons. The number of Topliss-reactive ketones (excluding diaryl/α,β-unsaturated/α-hetero) is 2. The summed E-state index contributed by atoms with van der Waals surface area (Å²) < 4.78 is 22.3. The number of hydrogen-bond donors (Lipinski definition) is 1. The summed E-state index contributed by atoms with van der Waals surface area (Å²) in [5.74, 6) is 0.453. The van der Waals surface area contributed by atoms with Crippen LogP contribution >= 0.6 is 23.4 Å². The number of methoxy groups -OCH3 is 2. The van der Waals surface area contributed by atoms with Crippen molar-refractivity contribution in [1.82, 2.24) is 10.1 Å². The summed E-state index contributed by atoms with van der Waals surface area (Å²) >= 11 is 8.12. The van der Waals surface area contributed by atoms with Gasteiger partial charge in [0.2, 0.25) is 11.4 Å². The summed E-state index contributed by atoms with van der Waals surface area (Å²) in [4.78, 5) is 36.0. The Kier molecular flexibility index (Phi) is 7.17. The van der Waals surface area contributed by atoms with Crippen LogP contribution in [0.5, 0.6) is 17.2 Å². The first-order valence-corrected chi connectivity index (χ1v) is 14.0. The smallest absolute Gasteiger partial charge is 0.251 e. The zero-order chi connectivity index (χ0) is 27.2. The van der Waals surface area contributed by atoms with Gasteiger partial charge in [0.05, 0.1) is 19.8 Å². The second-order valence-corrected chi connectivity index (χ2v) is 11.0. The first-order valence-electron chi connectivity index (χ1n) is 12.3. The highest BCUT2D eigenvalue weighted by molar-refractivity contribution is 7.98. The maximum absolute atomic E-state index is 13.9. The zero-order valence-electron chi connectivity index (χ0n) is 21.4. The van der Waals surface area contributed by atoms with Crippen LogP contribution in [-0.4, -0.2) is 64.9 Å². The van der Waals surface area contributed by atoms with Crippen molar-refractivity contribution in [3.8, 4) is 17.2 Å². The lowest BCUT2D eigenvalue weighted by molar-refractivity contribution is -0.118. The number of aliphatic imine (C=N–C) groups is 1. The molecule has 10 nitrogen and oxygen atoms in total. The third-order valence-electron chi connectivity index (χ3n) is 7.18. The van der Waals surface area contributed by atoms with Gasteiger partial charge in [-0.15, -0.1) is 0 Å². The van der Waals surface area contributed by atoms with Crippen molar-refractivity contribution in [3.05, 3.63) is 39.7 Å². The monoisotopic (exact) mass is 561 g/mol. The SMILES string of the molecule is COc1cc(OC)c2c(c1Cl)OC1(C2=O)C(O)=C(C=NC(CCSC)c2nc(C3CC3)no2)C(=O)CC1C. The molecular weight excluding hydrogens is 534 g/mol. The summed E-state index contributed by atoms with van der Waals surface area (Å²) in [6, 6.07) is 0.974. The molecule has 1 aromatic heterocycles. The number of halogens is 1. The van der Waals surface area contributed by atoms with E-state index in [9.17, 15) is 14.7 Å². The number of ether oxygens (including phenoxy) is 3. The molecule has 0 amide bonds. The molecule has 5 rings (SSSR count). The molecule has 1 aliphatic heterocycles.